The minimum atomic E-state index is -0.610. The number of hydrogen-bond donors (Lipinski definition) is 3. The molecule has 0 radical (unpaired) electrons. The number of alkyl halides is 1. The molecule has 0 aromatic rings. The van der Waals surface area contributed by atoms with Crippen LogP contribution in [0.15, 0.2) is 41.3 Å². The number of nitrogens with two attached hydrogens (primary N) is 1. The molecule has 0 saturated carbocycles. The van der Waals surface area contributed by atoms with Crippen molar-refractivity contribution in [2.75, 3.05) is 20.3 Å². The number of allylic oxidation sites excluding steroid dienone is 1. The van der Waals surface area contributed by atoms with Crippen molar-refractivity contribution >= 4 is 6.21 Å². The maximum Gasteiger partial charge on any atom is 0.114 e. The summed E-state index contributed by atoms with van der Waals surface area (Å²) in [5.74, 6) is 0.361. The first-order valence-electron chi connectivity index (χ1n) is 6.78. The van der Waals surface area contributed by atoms with Gasteiger partial charge in [-0.3, -0.25) is 4.99 Å². The zero-order valence-electron chi connectivity index (χ0n) is 12.7. The van der Waals surface area contributed by atoms with Gasteiger partial charge >= 0.3 is 0 Å². The van der Waals surface area contributed by atoms with Crippen molar-refractivity contribution in [2.24, 2.45) is 16.6 Å². The van der Waals surface area contributed by atoms with Crippen molar-refractivity contribution in [3.05, 3.63) is 36.3 Å². The van der Waals surface area contributed by atoms with E-state index in [1.54, 1.807) is 19.5 Å². The molecular weight excluding hydrogens is 255 g/mol. The molecule has 0 heterocycles. The summed E-state index contributed by atoms with van der Waals surface area (Å²) in [5, 5.41) is 6.29. The lowest BCUT2D eigenvalue weighted by molar-refractivity contribution is 0.433. The fourth-order valence-corrected chi connectivity index (χ4v) is 1.80. The Morgan fingerprint density at radius 1 is 1.50 bits per heavy atom. The van der Waals surface area contributed by atoms with Gasteiger partial charge in [0, 0.05) is 25.5 Å². The van der Waals surface area contributed by atoms with Gasteiger partial charge in [-0.05, 0) is 17.7 Å². The van der Waals surface area contributed by atoms with E-state index in [9.17, 15) is 4.39 Å². The van der Waals surface area contributed by atoms with E-state index in [2.05, 4.69) is 42.6 Å². The highest BCUT2D eigenvalue weighted by molar-refractivity contribution is 5.79. The molecule has 2 atom stereocenters. The SMILES string of the molecule is C=CNC(C(=C)N/C(C=NC)=C(\CN)CF)C(C)CC. The molecule has 114 valence electrons. The molecule has 0 rings (SSSR count). The van der Waals surface area contributed by atoms with Crippen LogP contribution in [0, 0.1) is 5.92 Å². The second-order valence-corrected chi connectivity index (χ2v) is 4.63. The number of nitrogens with zero attached hydrogens (tertiary/aromatic N) is 1. The predicted octanol–water partition coefficient (Wildman–Crippen LogP) is 2.12. The molecule has 0 bridgehead atoms. The van der Waals surface area contributed by atoms with Crippen LogP contribution in [0.1, 0.15) is 20.3 Å². The summed E-state index contributed by atoms with van der Waals surface area (Å²) in [6.07, 6.45) is 4.19. The Kier molecular flexibility index (Phi) is 9.38. The first-order valence-corrected chi connectivity index (χ1v) is 6.78. The second kappa shape index (κ2) is 10.2. The number of nitrogens with one attached hydrogen (secondary N) is 2. The van der Waals surface area contributed by atoms with Crippen molar-refractivity contribution in [3.8, 4) is 0 Å². The van der Waals surface area contributed by atoms with Crippen molar-refractivity contribution in [1.29, 1.82) is 0 Å². The van der Waals surface area contributed by atoms with E-state index in [4.69, 9.17) is 5.73 Å². The number of halogens is 1. The average Bonchev–Trinajstić information content (AvgIpc) is 2.45. The molecule has 0 aliphatic heterocycles. The van der Waals surface area contributed by atoms with E-state index in [1.165, 1.54) is 0 Å². The maximum absolute atomic E-state index is 13.0. The molecule has 0 saturated heterocycles. The largest absolute Gasteiger partial charge is 0.383 e. The van der Waals surface area contributed by atoms with Crippen molar-refractivity contribution in [1.82, 2.24) is 10.6 Å². The second-order valence-electron chi connectivity index (χ2n) is 4.63. The summed E-state index contributed by atoms with van der Waals surface area (Å²) >= 11 is 0. The Bertz CT molecular complexity index is 368. The minimum Gasteiger partial charge on any atom is -0.383 e. The van der Waals surface area contributed by atoms with Crippen molar-refractivity contribution in [2.45, 2.75) is 26.3 Å². The Morgan fingerprint density at radius 2 is 2.15 bits per heavy atom. The maximum atomic E-state index is 13.0. The summed E-state index contributed by atoms with van der Waals surface area (Å²) in [6, 6.07) is 0.0105. The monoisotopic (exact) mass is 282 g/mol. The number of rotatable bonds is 10. The predicted molar refractivity (Wildman–Crippen MR) is 85.3 cm³/mol. The fraction of sp³-hybridized carbons (Fsp3) is 0.533. The van der Waals surface area contributed by atoms with Crippen LogP contribution >= 0.6 is 0 Å². The third kappa shape index (κ3) is 5.57. The quantitative estimate of drug-likeness (QED) is 0.538. The van der Waals surface area contributed by atoms with Crippen LogP contribution in [0.5, 0.6) is 0 Å². The fourth-order valence-electron chi connectivity index (χ4n) is 1.80. The van der Waals surface area contributed by atoms with Crippen LogP contribution < -0.4 is 16.4 Å². The van der Waals surface area contributed by atoms with Gasteiger partial charge in [0.2, 0.25) is 0 Å². The van der Waals surface area contributed by atoms with E-state index in [0.29, 0.717) is 17.2 Å². The molecule has 2 unspecified atom stereocenters. The first-order chi connectivity index (χ1) is 9.55. The lowest BCUT2D eigenvalue weighted by Crippen LogP contribution is -2.38. The van der Waals surface area contributed by atoms with E-state index < -0.39 is 6.67 Å². The molecule has 5 heteroatoms. The van der Waals surface area contributed by atoms with E-state index in [1.807, 2.05) is 0 Å². The van der Waals surface area contributed by atoms with E-state index >= 15 is 0 Å². The van der Waals surface area contributed by atoms with Gasteiger partial charge in [-0.15, -0.1) is 0 Å². The molecule has 0 aromatic carbocycles. The lowest BCUT2D eigenvalue weighted by atomic mass is 9.96. The Balaban J connectivity index is 5.15. The smallest absolute Gasteiger partial charge is 0.114 e. The van der Waals surface area contributed by atoms with Crippen LogP contribution in [-0.2, 0) is 0 Å². The Labute approximate surface area is 121 Å². The van der Waals surface area contributed by atoms with E-state index in [-0.39, 0.29) is 12.6 Å². The van der Waals surface area contributed by atoms with Gasteiger partial charge in [0.1, 0.15) is 6.67 Å². The molecule has 4 N–H and O–H groups in total. The third-order valence-corrected chi connectivity index (χ3v) is 3.23. The highest BCUT2D eigenvalue weighted by atomic mass is 19.1. The van der Waals surface area contributed by atoms with Gasteiger partial charge in [0.25, 0.3) is 0 Å². The lowest BCUT2D eigenvalue weighted by Gasteiger charge is -2.27. The summed E-state index contributed by atoms with van der Waals surface area (Å²) in [7, 11) is 1.63. The summed E-state index contributed by atoms with van der Waals surface area (Å²) in [5.41, 5.74) is 7.34. The molecular formula is C15H27FN4. The molecule has 4 nitrogen and oxygen atoms in total. The molecule has 0 aliphatic rings. The molecule has 0 spiro atoms. The van der Waals surface area contributed by atoms with E-state index in [0.717, 1.165) is 12.1 Å². The van der Waals surface area contributed by atoms with Crippen molar-refractivity contribution in [3.63, 3.8) is 0 Å². The third-order valence-electron chi connectivity index (χ3n) is 3.23. The molecule has 0 aliphatic carbocycles. The van der Waals surface area contributed by atoms with Gasteiger partial charge in [-0.2, -0.15) is 0 Å². The molecule has 0 fully saturated rings. The van der Waals surface area contributed by atoms with Gasteiger partial charge in [-0.1, -0.05) is 33.4 Å². The molecule has 0 amide bonds. The number of aliphatic imine (C=N–C) groups is 1. The van der Waals surface area contributed by atoms with Crippen LogP contribution in [0.25, 0.3) is 0 Å². The Hall–Kier alpha value is -1.62. The highest BCUT2D eigenvalue weighted by Crippen LogP contribution is 2.14. The average molecular weight is 282 g/mol. The molecule has 20 heavy (non-hydrogen) atoms. The first kappa shape index (κ1) is 18.4. The zero-order valence-corrected chi connectivity index (χ0v) is 12.7. The normalized spacial score (nSPS) is 15.4. The van der Waals surface area contributed by atoms with Crippen LogP contribution in [0.3, 0.4) is 0 Å². The van der Waals surface area contributed by atoms with Gasteiger partial charge in [0.05, 0.1) is 11.7 Å². The number of hydrogen-bond acceptors (Lipinski definition) is 4. The van der Waals surface area contributed by atoms with Crippen LogP contribution in [0.4, 0.5) is 4.39 Å². The van der Waals surface area contributed by atoms with Gasteiger partial charge in [0.15, 0.2) is 0 Å². The van der Waals surface area contributed by atoms with Crippen LogP contribution in [0.2, 0.25) is 0 Å². The standard InChI is InChI=1S/C15H27FN4/c1-6-11(3)15(19-7-2)12(4)20-14(10-18-5)13(8-16)9-17/h7,10-11,15,19-20H,2,4,6,8-9,17H2,1,3,5H3/b14-13-,18-10?. The topological polar surface area (TPSA) is 62.4 Å². The summed E-state index contributed by atoms with van der Waals surface area (Å²) < 4.78 is 13.0. The van der Waals surface area contributed by atoms with Gasteiger partial charge in [-0.25, -0.2) is 4.39 Å². The Morgan fingerprint density at radius 3 is 2.55 bits per heavy atom. The highest BCUT2D eigenvalue weighted by Gasteiger charge is 2.18. The summed E-state index contributed by atoms with van der Waals surface area (Å²) in [6.45, 7) is 11.5. The van der Waals surface area contributed by atoms with Gasteiger partial charge < -0.3 is 16.4 Å². The van der Waals surface area contributed by atoms with Crippen LogP contribution in [-0.4, -0.2) is 32.5 Å². The molecule has 0 aromatic heterocycles. The van der Waals surface area contributed by atoms with Crippen molar-refractivity contribution < 1.29 is 4.39 Å². The minimum absolute atomic E-state index is 0.0105. The summed E-state index contributed by atoms with van der Waals surface area (Å²) in [4.78, 5) is 3.93. The zero-order chi connectivity index (χ0) is 15.5.